The number of nitrogens with two attached hydrogens (primary N) is 1. The Hall–Kier alpha value is -2.07. The molecule has 0 saturated heterocycles. The Kier molecular flexibility index (Phi) is 3.56. The van der Waals surface area contributed by atoms with Crippen molar-refractivity contribution in [2.24, 2.45) is 5.73 Å². The lowest BCUT2D eigenvalue weighted by Gasteiger charge is -2.21. The molecule has 2 N–H and O–H groups in total. The average molecular weight is 270 g/mol. The number of rotatable bonds is 5. The molecule has 0 bridgehead atoms. The molecule has 0 spiro atoms. The van der Waals surface area contributed by atoms with E-state index in [9.17, 15) is 4.79 Å². The average Bonchev–Trinajstić information content (AvgIpc) is 3.21. The Morgan fingerprint density at radius 1 is 1.25 bits per heavy atom. The van der Waals surface area contributed by atoms with Gasteiger partial charge in [-0.1, -0.05) is 12.1 Å². The highest BCUT2D eigenvalue weighted by Gasteiger charge is 2.33. The van der Waals surface area contributed by atoms with Gasteiger partial charge in [0.2, 0.25) is 0 Å². The lowest BCUT2D eigenvalue weighted by atomic mass is 10.1. The van der Waals surface area contributed by atoms with E-state index < -0.39 is 0 Å². The van der Waals surface area contributed by atoms with Gasteiger partial charge in [-0.05, 0) is 42.7 Å². The van der Waals surface area contributed by atoms with E-state index in [0.29, 0.717) is 24.7 Å². The molecule has 1 heterocycles. The zero-order valence-corrected chi connectivity index (χ0v) is 11.3. The molecule has 0 atom stereocenters. The Bertz CT molecular complexity index is 571. The highest BCUT2D eigenvalue weighted by atomic mass is 16.3. The minimum Gasteiger partial charge on any atom is -0.467 e. The van der Waals surface area contributed by atoms with Crippen molar-refractivity contribution in [3.63, 3.8) is 0 Å². The van der Waals surface area contributed by atoms with Gasteiger partial charge in [-0.3, -0.25) is 4.79 Å². The predicted molar refractivity (Wildman–Crippen MR) is 75.9 cm³/mol. The van der Waals surface area contributed by atoms with Crippen molar-refractivity contribution in [2.45, 2.75) is 32.0 Å². The summed E-state index contributed by atoms with van der Waals surface area (Å²) in [7, 11) is 0. The van der Waals surface area contributed by atoms with Gasteiger partial charge in [-0.2, -0.15) is 0 Å². The fraction of sp³-hybridized carbons (Fsp3) is 0.312. The van der Waals surface area contributed by atoms with Gasteiger partial charge in [-0.25, -0.2) is 0 Å². The van der Waals surface area contributed by atoms with Crippen LogP contribution in [0.3, 0.4) is 0 Å². The molecule has 0 unspecified atom stereocenters. The normalized spacial score (nSPS) is 14.2. The number of hydrogen-bond acceptors (Lipinski definition) is 3. The van der Waals surface area contributed by atoms with Crippen LogP contribution in [0.25, 0.3) is 0 Å². The summed E-state index contributed by atoms with van der Waals surface area (Å²) in [5.41, 5.74) is 7.32. The van der Waals surface area contributed by atoms with Gasteiger partial charge in [0.25, 0.3) is 5.91 Å². The molecule has 1 fully saturated rings. The van der Waals surface area contributed by atoms with E-state index in [1.54, 1.807) is 6.26 Å². The van der Waals surface area contributed by atoms with Crippen LogP contribution in [0.5, 0.6) is 0 Å². The van der Waals surface area contributed by atoms with Crippen LogP contribution in [-0.2, 0) is 13.1 Å². The maximum atomic E-state index is 12.6. The van der Waals surface area contributed by atoms with Crippen molar-refractivity contribution in [1.29, 1.82) is 0 Å². The van der Waals surface area contributed by atoms with Gasteiger partial charge < -0.3 is 15.1 Å². The van der Waals surface area contributed by atoms with Crippen molar-refractivity contribution in [3.05, 3.63) is 59.5 Å². The van der Waals surface area contributed by atoms with Crippen LogP contribution in [0.1, 0.15) is 34.5 Å². The molecule has 1 amide bonds. The molecule has 1 aromatic heterocycles. The second-order valence-corrected chi connectivity index (χ2v) is 5.14. The number of hydrogen-bond donors (Lipinski definition) is 1. The lowest BCUT2D eigenvalue weighted by Crippen LogP contribution is -2.32. The maximum Gasteiger partial charge on any atom is 0.254 e. The van der Waals surface area contributed by atoms with Crippen LogP contribution < -0.4 is 5.73 Å². The largest absolute Gasteiger partial charge is 0.467 e. The molecule has 4 heteroatoms. The minimum atomic E-state index is 0.0625. The van der Waals surface area contributed by atoms with E-state index in [1.807, 2.05) is 41.3 Å². The van der Waals surface area contributed by atoms with Gasteiger partial charge in [0.05, 0.1) is 12.8 Å². The number of nitrogens with zero attached hydrogens (tertiary/aromatic N) is 1. The molecule has 104 valence electrons. The highest BCUT2D eigenvalue weighted by molar-refractivity contribution is 5.94. The number of furan rings is 1. The number of carbonyl (C=O) groups is 1. The van der Waals surface area contributed by atoms with Crippen LogP contribution in [0.15, 0.2) is 47.1 Å². The van der Waals surface area contributed by atoms with E-state index in [-0.39, 0.29) is 5.91 Å². The van der Waals surface area contributed by atoms with Crippen LogP contribution in [0.2, 0.25) is 0 Å². The molecule has 2 aromatic rings. The Balaban J connectivity index is 1.77. The quantitative estimate of drug-likeness (QED) is 0.908. The second kappa shape index (κ2) is 5.51. The Morgan fingerprint density at radius 3 is 2.55 bits per heavy atom. The van der Waals surface area contributed by atoms with Crippen molar-refractivity contribution in [2.75, 3.05) is 0 Å². The van der Waals surface area contributed by atoms with E-state index in [2.05, 4.69) is 0 Å². The molecule has 20 heavy (non-hydrogen) atoms. The summed E-state index contributed by atoms with van der Waals surface area (Å²) >= 11 is 0. The molecule has 4 nitrogen and oxygen atoms in total. The predicted octanol–water partition coefficient (Wildman–Crippen LogP) is 2.54. The smallest absolute Gasteiger partial charge is 0.254 e. The molecule has 1 aliphatic rings. The van der Waals surface area contributed by atoms with Gasteiger partial charge in [0, 0.05) is 18.2 Å². The van der Waals surface area contributed by atoms with E-state index in [1.165, 1.54) is 0 Å². The van der Waals surface area contributed by atoms with Crippen LogP contribution in [0, 0.1) is 0 Å². The van der Waals surface area contributed by atoms with Gasteiger partial charge in [0.1, 0.15) is 5.76 Å². The van der Waals surface area contributed by atoms with Crippen molar-refractivity contribution in [3.8, 4) is 0 Å². The first-order valence-electron chi connectivity index (χ1n) is 6.90. The molecule has 0 radical (unpaired) electrons. The zero-order valence-electron chi connectivity index (χ0n) is 11.3. The summed E-state index contributed by atoms with van der Waals surface area (Å²) in [5, 5.41) is 0. The number of carbonyl (C=O) groups excluding carboxylic acids is 1. The molecule has 1 aliphatic carbocycles. The lowest BCUT2D eigenvalue weighted by molar-refractivity contribution is 0.0717. The molecule has 0 aliphatic heterocycles. The van der Waals surface area contributed by atoms with Gasteiger partial charge >= 0.3 is 0 Å². The number of benzene rings is 1. The minimum absolute atomic E-state index is 0.0625. The molecule has 1 aromatic carbocycles. The fourth-order valence-corrected chi connectivity index (χ4v) is 2.27. The summed E-state index contributed by atoms with van der Waals surface area (Å²) in [6, 6.07) is 11.6. The van der Waals surface area contributed by atoms with Gasteiger partial charge in [-0.15, -0.1) is 0 Å². The van der Waals surface area contributed by atoms with Crippen molar-refractivity contribution < 1.29 is 9.21 Å². The number of amides is 1. The first-order chi connectivity index (χ1) is 9.78. The maximum absolute atomic E-state index is 12.6. The summed E-state index contributed by atoms with van der Waals surface area (Å²) in [5.74, 6) is 0.885. The zero-order chi connectivity index (χ0) is 13.9. The third kappa shape index (κ3) is 2.75. The third-order valence-electron chi connectivity index (χ3n) is 3.59. The molecule has 1 saturated carbocycles. The molecule has 3 rings (SSSR count). The van der Waals surface area contributed by atoms with E-state index in [0.717, 1.165) is 24.2 Å². The summed E-state index contributed by atoms with van der Waals surface area (Å²) in [4.78, 5) is 14.5. The Morgan fingerprint density at radius 2 is 2.00 bits per heavy atom. The van der Waals surface area contributed by atoms with Crippen LogP contribution in [-0.4, -0.2) is 16.8 Å². The van der Waals surface area contributed by atoms with Crippen molar-refractivity contribution >= 4 is 5.91 Å². The van der Waals surface area contributed by atoms with E-state index in [4.69, 9.17) is 10.2 Å². The standard InChI is InChI=1S/C16H18N2O2/c17-10-12-3-5-13(6-4-12)16(19)18(14-7-8-14)11-15-2-1-9-20-15/h1-6,9,14H,7-8,10-11,17H2. The summed E-state index contributed by atoms with van der Waals surface area (Å²) < 4.78 is 5.35. The first kappa shape index (κ1) is 12.9. The Labute approximate surface area is 118 Å². The first-order valence-corrected chi connectivity index (χ1v) is 6.90. The molecular weight excluding hydrogens is 252 g/mol. The third-order valence-corrected chi connectivity index (χ3v) is 3.59. The SMILES string of the molecule is NCc1ccc(C(=O)N(Cc2ccco2)C2CC2)cc1. The molecular formula is C16H18N2O2. The second-order valence-electron chi connectivity index (χ2n) is 5.14. The van der Waals surface area contributed by atoms with E-state index >= 15 is 0 Å². The van der Waals surface area contributed by atoms with Crippen molar-refractivity contribution in [1.82, 2.24) is 4.90 Å². The summed E-state index contributed by atoms with van der Waals surface area (Å²) in [6.07, 6.45) is 3.79. The monoisotopic (exact) mass is 270 g/mol. The van der Waals surface area contributed by atoms with Gasteiger partial charge in [0.15, 0.2) is 0 Å². The topological polar surface area (TPSA) is 59.5 Å². The fourth-order valence-electron chi connectivity index (χ4n) is 2.27. The highest BCUT2D eigenvalue weighted by Crippen LogP contribution is 2.30. The summed E-state index contributed by atoms with van der Waals surface area (Å²) in [6.45, 7) is 1.03. The van der Waals surface area contributed by atoms with Crippen LogP contribution >= 0.6 is 0 Å². The van der Waals surface area contributed by atoms with Crippen LogP contribution in [0.4, 0.5) is 0 Å².